The fourth-order valence-electron chi connectivity index (χ4n) is 1.09. The zero-order valence-electron chi connectivity index (χ0n) is 7.90. The summed E-state index contributed by atoms with van der Waals surface area (Å²) in [5, 5.41) is 3.38. The summed E-state index contributed by atoms with van der Waals surface area (Å²) in [5.41, 5.74) is 0.141. The Morgan fingerprint density at radius 2 is 2.00 bits per heavy atom. The molecule has 0 fully saturated rings. The Labute approximate surface area is 69.4 Å². The van der Waals surface area contributed by atoms with Crippen molar-refractivity contribution in [2.24, 2.45) is 0 Å². The van der Waals surface area contributed by atoms with Crippen LogP contribution in [0.1, 0.15) is 40.5 Å². The van der Waals surface area contributed by atoms with Crippen LogP contribution in [0.3, 0.4) is 0 Å². The Bertz CT molecular complexity index is 115. The molecule has 0 aromatic rings. The molecule has 65 valence electrons. The lowest BCUT2D eigenvalue weighted by atomic mass is 10.1. The molecule has 0 saturated heterocycles. The third-order valence-corrected chi connectivity index (χ3v) is 1.36. The number of hydrogen-bond donors (Lipinski definition) is 1. The van der Waals surface area contributed by atoms with Gasteiger partial charge in [0, 0.05) is 18.0 Å². The van der Waals surface area contributed by atoms with Crippen molar-refractivity contribution in [3.05, 3.63) is 0 Å². The molecule has 11 heavy (non-hydrogen) atoms. The topological polar surface area (TPSA) is 29.1 Å². The molecule has 2 heteroatoms. The minimum atomic E-state index is 0.141. The second-order valence-corrected chi connectivity index (χ2v) is 3.98. The molecule has 1 radical (unpaired) electrons. The zero-order chi connectivity index (χ0) is 8.91. The van der Waals surface area contributed by atoms with Crippen molar-refractivity contribution in [3.63, 3.8) is 0 Å². The van der Waals surface area contributed by atoms with E-state index in [0.717, 1.165) is 6.42 Å². The van der Waals surface area contributed by atoms with Crippen molar-refractivity contribution in [2.75, 3.05) is 0 Å². The number of carbonyl (C=O) groups excluding carboxylic acids is 1. The van der Waals surface area contributed by atoms with Crippen LogP contribution in [-0.4, -0.2) is 17.9 Å². The van der Waals surface area contributed by atoms with Gasteiger partial charge in [0.15, 0.2) is 6.29 Å². The average molecular weight is 156 g/mol. The highest BCUT2D eigenvalue weighted by Gasteiger charge is 2.12. The van der Waals surface area contributed by atoms with Gasteiger partial charge in [-0.3, -0.25) is 4.79 Å². The molecule has 0 aliphatic heterocycles. The van der Waals surface area contributed by atoms with Crippen LogP contribution in [0.15, 0.2) is 0 Å². The summed E-state index contributed by atoms with van der Waals surface area (Å²) in [5.74, 6) is 0. The average Bonchev–Trinajstić information content (AvgIpc) is 1.79. The fraction of sp³-hybridized carbons (Fsp3) is 0.889. The van der Waals surface area contributed by atoms with E-state index in [4.69, 9.17) is 0 Å². The molecule has 0 saturated carbocycles. The van der Waals surface area contributed by atoms with E-state index in [2.05, 4.69) is 33.0 Å². The van der Waals surface area contributed by atoms with Crippen LogP contribution >= 0.6 is 0 Å². The maximum atomic E-state index is 9.92. The van der Waals surface area contributed by atoms with Gasteiger partial charge in [0.05, 0.1) is 0 Å². The van der Waals surface area contributed by atoms with E-state index in [1.54, 1.807) is 0 Å². The molecular weight excluding hydrogens is 138 g/mol. The standard InChI is InChI=1S/C9H18NO/c1-8(6-5-7-11)10-9(2,3)4/h8,10H,5-6H2,1-4H3. The summed E-state index contributed by atoms with van der Waals surface area (Å²) >= 11 is 0. The Hall–Kier alpha value is -0.370. The maximum Gasteiger partial charge on any atom is 0.198 e. The summed E-state index contributed by atoms with van der Waals surface area (Å²) in [7, 11) is 0. The Morgan fingerprint density at radius 3 is 2.36 bits per heavy atom. The molecule has 1 N–H and O–H groups in total. The third-order valence-electron chi connectivity index (χ3n) is 1.36. The van der Waals surface area contributed by atoms with Gasteiger partial charge in [0.2, 0.25) is 0 Å². The Kier molecular flexibility index (Phi) is 4.34. The van der Waals surface area contributed by atoms with Crippen LogP contribution in [0.2, 0.25) is 0 Å². The summed E-state index contributed by atoms with van der Waals surface area (Å²) in [6, 6.07) is 0.399. The quantitative estimate of drug-likeness (QED) is 0.670. The monoisotopic (exact) mass is 156 g/mol. The zero-order valence-corrected chi connectivity index (χ0v) is 7.90. The number of hydrogen-bond acceptors (Lipinski definition) is 2. The van der Waals surface area contributed by atoms with Crippen LogP contribution in [0.4, 0.5) is 0 Å². The molecular formula is C9H18NO. The summed E-state index contributed by atoms with van der Waals surface area (Å²) in [4.78, 5) is 9.92. The molecule has 1 atom stereocenters. The van der Waals surface area contributed by atoms with Crippen LogP contribution in [0, 0.1) is 0 Å². The van der Waals surface area contributed by atoms with E-state index in [0.29, 0.717) is 12.5 Å². The van der Waals surface area contributed by atoms with Crippen molar-refractivity contribution in [1.29, 1.82) is 0 Å². The molecule has 0 heterocycles. The van der Waals surface area contributed by atoms with Crippen molar-refractivity contribution < 1.29 is 4.79 Å². The van der Waals surface area contributed by atoms with Gasteiger partial charge in [-0.1, -0.05) is 0 Å². The van der Waals surface area contributed by atoms with Gasteiger partial charge in [-0.2, -0.15) is 0 Å². The normalized spacial score (nSPS) is 14.5. The van der Waals surface area contributed by atoms with Crippen molar-refractivity contribution in [3.8, 4) is 0 Å². The molecule has 0 aromatic heterocycles. The molecule has 0 rings (SSSR count). The molecule has 0 aromatic carbocycles. The minimum Gasteiger partial charge on any atom is -0.310 e. The Morgan fingerprint density at radius 1 is 1.45 bits per heavy atom. The van der Waals surface area contributed by atoms with Crippen molar-refractivity contribution in [1.82, 2.24) is 5.32 Å². The van der Waals surface area contributed by atoms with Gasteiger partial charge >= 0.3 is 0 Å². The van der Waals surface area contributed by atoms with E-state index in [1.807, 2.05) is 6.29 Å². The Balaban J connectivity index is 3.51. The highest BCUT2D eigenvalue weighted by atomic mass is 16.1. The lowest BCUT2D eigenvalue weighted by Gasteiger charge is -2.25. The summed E-state index contributed by atoms with van der Waals surface area (Å²) in [6.45, 7) is 8.44. The van der Waals surface area contributed by atoms with Crippen LogP contribution in [0.5, 0.6) is 0 Å². The first kappa shape index (κ1) is 10.6. The van der Waals surface area contributed by atoms with Gasteiger partial charge < -0.3 is 5.32 Å². The second kappa shape index (κ2) is 4.50. The van der Waals surface area contributed by atoms with E-state index in [-0.39, 0.29) is 5.54 Å². The first-order valence-electron chi connectivity index (χ1n) is 4.08. The predicted octanol–water partition coefficient (Wildman–Crippen LogP) is 1.65. The van der Waals surface area contributed by atoms with E-state index in [1.165, 1.54) is 0 Å². The summed E-state index contributed by atoms with van der Waals surface area (Å²) < 4.78 is 0. The molecule has 0 aliphatic rings. The summed E-state index contributed by atoms with van der Waals surface area (Å²) in [6.07, 6.45) is 3.30. The second-order valence-electron chi connectivity index (χ2n) is 3.98. The van der Waals surface area contributed by atoms with Gasteiger partial charge in [-0.05, 0) is 34.1 Å². The van der Waals surface area contributed by atoms with Crippen LogP contribution in [0.25, 0.3) is 0 Å². The molecule has 0 amide bonds. The van der Waals surface area contributed by atoms with E-state index >= 15 is 0 Å². The molecule has 0 bridgehead atoms. The highest BCUT2D eigenvalue weighted by molar-refractivity contribution is 5.50. The van der Waals surface area contributed by atoms with E-state index in [9.17, 15) is 4.79 Å². The lowest BCUT2D eigenvalue weighted by molar-refractivity contribution is 0.362. The van der Waals surface area contributed by atoms with Crippen molar-refractivity contribution in [2.45, 2.75) is 52.1 Å². The smallest absolute Gasteiger partial charge is 0.198 e. The molecule has 1 unspecified atom stereocenters. The van der Waals surface area contributed by atoms with Gasteiger partial charge in [0.1, 0.15) is 0 Å². The maximum absolute atomic E-state index is 9.92. The van der Waals surface area contributed by atoms with Gasteiger partial charge in [0.25, 0.3) is 0 Å². The fourth-order valence-corrected chi connectivity index (χ4v) is 1.09. The van der Waals surface area contributed by atoms with Gasteiger partial charge in [-0.25, -0.2) is 0 Å². The molecule has 2 nitrogen and oxygen atoms in total. The minimum absolute atomic E-state index is 0.141. The van der Waals surface area contributed by atoms with Gasteiger partial charge in [-0.15, -0.1) is 0 Å². The van der Waals surface area contributed by atoms with Crippen LogP contribution < -0.4 is 5.32 Å². The lowest BCUT2D eigenvalue weighted by Crippen LogP contribution is -2.42. The van der Waals surface area contributed by atoms with Crippen LogP contribution in [-0.2, 0) is 4.79 Å². The number of rotatable bonds is 4. The highest BCUT2D eigenvalue weighted by Crippen LogP contribution is 2.03. The SMILES string of the molecule is CC(CC[C]=O)NC(C)(C)C. The van der Waals surface area contributed by atoms with E-state index < -0.39 is 0 Å². The molecule has 0 aliphatic carbocycles. The predicted molar refractivity (Wildman–Crippen MR) is 47.3 cm³/mol. The first-order valence-corrected chi connectivity index (χ1v) is 4.08. The molecule has 0 spiro atoms. The third kappa shape index (κ3) is 7.53. The largest absolute Gasteiger partial charge is 0.310 e. The number of nitrogens with one attached hydrogen (secondary N) is 1. The van der Waals surface area contributed by atoms with Crippen molar-refractivity contribution >= 4 is 6.29 Å². The first-order chi connectivity index (χ1) is 4.95.